The molecule has 1 aliphatic rings. The molecule has 0 aromatic carbocycles. The Morgan fingerprint density at radius 1 is 1.18 bits per heavy atom. The largest absolute Gasteiger partial charge is 0.463 e. The molecular formula is C19H45NO2. The molecule has 3 nitrogen and oxygen atoms in total. The topological polar surface area (TPSA) is 29.5 Å². The van der Waals surface area contributed by atoms with Crippen LogP contribution in [0.1, 0.15) is 90.0 Å². The number of nitrogens with zero attached hydrogens (tertiary/aromatic N) is 1. The van der Waals surface area contributed by atoms with Crippen molar-refractivity contribution in [2.24, 2.45) is 0 Å². The lowest BCUT2D eigenvalue weighted by molar-refractivity contribution is -0.145. The summed E-state index contributed by atoms with van der Waals surface area (Å²) in [6.45, 7) is 15.0. The monoisotopic (exact) mass is 319 g/mol. The van der Waals surface area contributed by atoms with Gasteiger partial charge in [-0.2, -0.15) is 0 Å². The predicted molar refractivity (Wildman–Crippen MR) is 103 cm³/mol. The van der Waals surface area contributed by atoms with Crippen LogP contribution in [0.4, 0.5) is 0 Å². The molecule has 2 atom stereocenters. The number of carbonyl (C=O) groups excluding carboxylic acids is 1. The normalized spacial score (nSPS) is 14.6. The lowest BCUT2D eigenvalue weighted by Crippen LogP contribution is -2.27. The van der Waals surface area contributed by atoms with Crippen LogP contribution in [0.15, 0.2) is 12.3 Å². The van der Waals surface area contributed by atoms with E-state index in [1.165, 1.54) is 38.4 Å². The molecule has 0 bridgehead atoms. The Balaban J connectivity index is -0.0000000756. The van der Waals surface area contributed by atoms with Crippen LogP contribution in [0.2, 0.25) is 0 Å². The summed E-state index contributed by atoms with van der Waals surface area (Å²) in [5, 5.41) is 0. The smallest absolute Gasteiger partial charge is 0.302 e. The fourth-order valence-electron chi connectivity index (χ4n) is 1.87. The van der Waals surface area contributed by atoms with Crippen LogP contribution in [0.5, 0.6) is 0 Å². The molecule has 3 heteroatoms. The lowest BCUT2D eigenvalue weighted by atomic mass is 10.2. The SMILES string of the molecule is C.C.C.C.C=C1CCCN1C(C)CC.CCC(C)OC(C)=O. The maximum atomic E-state index is 10.2. The summed E-state index contributed by atoms with van der Waals surface area (Å²) >= 11 is 0. The number of carbonyl (C=O) groups is 1. The van der Waals surface area contributed by atoms with Gasteiger partial charge in [0.25, 0.3) is 0 Å². The van der Waals surface area contributed by atoms with E-state index in [0.717, 1.165) is 6.42 Å². The molecule has 138 valence electrons. The van der Waals surface area contributed by atoms with Gasteiger partial charge >= 0.3 is 5.97 Å². The molecule has 1 rings (SSSR count). The third kappa shape index (κ3) is 14.0. The van der Waals surface area contributed by atoms with Gasteiger partial charge in [0.2, 0.25) is 0 Å². The van der Waals surface area contributed by atoms with Crippen LogP contribution in [0, 0.1) is 0 Å². The molecule has 0 radical (unpaired) electrons. The van der Waals surface area contributed by atoms with Crippen LogP contribution in [-0.2, 0) is 9.53 Å². The third-order valence-corrected chi connectivity index (χ3v) is 3.34. The van der Waals surface area contributed by atoms with E-state index >= 15 is 0 Å². The first-order chi connectivity index (χ1) is 8.42. The van der Waals surface area contributed by atoms with Gasteiger partial charge in [-0.1, -0.05) is 50.1 Å². The summed E-state index contributed by atoms with van der Waals surface area (Å²) in [4.78, 5) is 12.6. The second-order valence-electron chi connectivity index (χ2n) is 4.95. The summed E-state index contributed by atoms with van der Waals surface area (Å²) in [7, 11) is 0. The summed E-state index contributed by atoms with van der Waals surface area (Å²) in [6.07, 6.45) is 4.72. The van der Waals surface area contributed by atoms with Gasteiger partial charge in [-0.15, -0.1) is 0 Å². The van der Waals surface area contributed by atoms with E-state index in [0.29, 0.717) is 6.04 Å². The van der Waals surface area contributed by atoms with Crippen molar-refractivity contribution in [3.05, 3.63) is 12.3 Å². The maximum absolute atomic E-state index is 10.2. The molecule has 1 fully saturated rings. The van der Waals surface area contributed by atoms with Crippen molar-refractivity contribution < 1.29 is 9.53 Å². The average molecular weight is 320 g/mol. The molecule has 0 spiro atoms. The first kappa shape index (κ1) is 32.8. The fourth-order valence-corrected chi connectivity index (χ4v) is 1.87. The highest BCUT2D eigenvalue weighted by molar-refractivity contribution is 5.66. The maximum Gasteiger partial charge on any atom is 0.302 e. The number of allylic oxidation sites excluding steroid dienone is 1. The predicted octanol–water partition coefficient (Wildman–Crippen LogP) is 6.29. The molecule has 1 aliphatic heterocycles. The quantitative estimate of drug-likeness (QED) is 0.570. The van der Waals surface area contributed by atoms with Crippen LogP contribution in [-0.4, -0.2) is 29.6 Å². The molecule has 0 aromatic heterocycles. The highest BCUT2D eigenvalue weighted by Gasteiger charge is 2.18. The Morgan fingerprint density at radius 3 is 1.91 bits per heavy atom. The second-order valence-corrected chi connectivity index (χ2v) is 4.95. The van der Waals surface area contributed by atoms with Crippen molar-refractivity contribution in [1.82, 2.24) is 4.90 Å². The molecule has 0 saturated carbocycles. The first-order valence-corrected chi connectivity index (χ1v) is 7.03. The van der Waals surface area contributed by atoms with Crippen molar-refractivity contribution in [2.75, 3.05) is 6.54 Å². The van der Waals surface area contributed by atoms with E-state index in [9.17, 15) is 4.79 Å². The van der Waals surface area contributed by atoms with Crippen LogP contribution in [0.25, 0.3) is 0 Å². The summed E-state index contributed by atoms with van der Waals surface area (Å²) in [5.74, 6) is -0.195. The lowest BCUT2D eigenvalue weighted by Gasteiger charge is -2.25. The van der Waals surface area contributed by atoms with Crippen molar-refractivity contribution in [1.29, 1.82) is 0 Å². The van der Waals surface area contributed by atoms with Gasteiger partial charge < -0.3 is 9.64 Å². The zero-order valence-electron chi connectivity index (χ0n) is 12.7. The van der Waals surface area contributed by atoms with E-state index in [2.05, 4.69) is 25.3 Å². The van der Waals surface area contributed by atoms with Crippen LogP contribution in [0.3, 0.4) is 0 Å². The van der Waals surface area contributed by atoms with Gasteiger partial charge in [0, 0.05) is 25.2 Å². The van der Waals surface area contributed by atoms with Gasteiger partial charge in [-0.3, -0.25) is 4.79 Å². The van der Waals surface area contributed by atoms with E-state index in [-0.39, 0.29) is 41.8 Å². The van der Waals surface area contributed by atoms with E-state index in [4.69, 9.17) is 4.74 Å². The zero-order chi connectivity index (χ0) is 14.1. The third-order valence-electron chi connectivity index (χ3n) is 3.34. The van der Waals surface area contributed by atoms with Gasteiger partial charge in [-0.25, -0.2) is 0 Å². The number of ether oxygens (including phenoxy) is 1. The first-order valence-electron chi connectivity index (χ1n) is 7.03. The van der Waals surface area contributed by atoms with Crippen molar-refractivity contribution >= 4 is 5.97 Å². The van der Waals surface area contributed by atoms with E-state index < -0.39 is 0 Å². The highest BCUT2D eigenvalue weighted by atomic mass is 16.5. The van der Waals surface area contributed by atoms with Crippen molar-refractivity contribution in [3.8, 4) is 0 Å². The summed E-state index contributed by atoms with van der Waals surface area (Å²) in [5.41, 5.74) is 1.34. The molecule has 0 N–H and O–H groups in total. The number of rotatable bonds is 4. The van der Waals surface area contributed by atoms with Crippen LogP contribution < -0.4 is 0 Å². The molecule has 0 aliphatic carbocycles. The molecule has 22 heavy (non-hydrogen) atoms. The Kier molecular flexibility index (Phi) is 26.9. The second kappa shape index (κ2) is 18.1. The molecular weight excluding hydrogens is 274 g/mol. The Labute approximate surface area is 142 Å². The Bertz CT molecular complexity index is 264. The highest BCUT2D eigenvalue weighted by Crippen LogP contribution is 2.22. The van der Waals surface area contributed by atoms with E-state index in [1.54, 1.807) is 0 Å². The van der Waals surface area contributed by atoms with Crippen molar-refractivity contribution in [2.45, 2.75) is 102 Å². The molecule has 0 aromatic rings. The Morgan fingerprint density at radius 2 is 1.68 bits per heavy atom. The number of hydrogen-bond acceptors (Lipinski definition) is 3. The minimum atomic E-state index is -0.195. The zero-order valence-corrected chi connectivity index (χ0v) is 12.7. The minimum absolute atomic E-state index is 0. The fraction of sp³-hybridized carbons (Fsp3) is 0.842. The number of hydrogen-bond donors (Lipinski definition) is 0. The van der Waals surface area contributed by atoms with Gasteiger partial charge in [-0.05, 0) is 39.5 Å². The van der Waals surface area contributed by atoms with Gasteiger partial charge in [0.1, 0.15) is 0 Å². The van der Waals surface area contributed by atoms with Gasteiger partial charge in [0.15, 0.2) is 0 Å². The standard InChI is InChI=1S/C9H17N.C6H12O2.4CH4/c1-4-8(2)10-7-5-6-9(10)3;1-4-5(2)8-6(3)7;;;;/h8H,3-7H2,1-2H3;5H,4H2,1-3H3;4*1H4. The summed E-state index contributed by atoms with van der Waals surface area (Å²) < 4.78 is 4.76. The molecule has 0 amide bonds. The molecule has 2 unspecified atom stereocenters. The summed E-state index contributed by atoms with van der Waals surface area (Å²) in [6, 6.07) is 0.704. The molecule has 1 heterocycles. The van der Waals surface area contributed by atoms with Crippen LogP contribution >= 0.6 is 0 Å². The minimum Gasteiger partial charge on any atom is -0.463 e. The molecule has 1 saturated heterocycles. The number of likely N-dealkylation sites (tertiary alicyclic amines) is 1. The average Bonchev–Trinajstić information content (AvgIpc) is 2.74. The number of esters is 1. The van der Waals surface area contributed by atoms with Crippen molar-refractivity contribution in [3.63, 3.8) is 0 Å². The Hall–Kier alpha value is -0.990. The van der Waals surface area contributed by atoms with E-state index in [1.807, 2.05) is 13.8 Å². The van der Waals surface area contributed by atoms with Gasteiger partial charge in [0.05, 0.1) is 6.10 Å².